The molecule has 3 N–H and O–H groups in total. The van der Waals surface area contributed by atoms with Gasteiger partial charge in [-0.3, -0.25) is 9.89 Å². The van der Waals surface area contributed by atoms with Crippen molar-refractivity contribution < 1.29 is 0 Å². The van der Waals surface area contributed by atoms with Gasteiger partial charge >= 0.3 is 0 Å². The van der Waals surface area contributed by atoms with E-state index in [1.54, 1.807) is 7.05 Å². The summed E-state index contributed by atoms with van der Waals surface area (Å²) in [6, 6.07) is 19.1. The van der Waals surface area contributed by atoms with Crippen LogP contribution in [0.4, 0.5) is 0 Å². The number of aromatic nitrogens is 2. The Kier molecular flexibility index (Phi) is 8.90. The first kappa shape index (κ1) is 23.3. The van der Waals surface area contributed by atoms with Crippen LogP contribution in [0.15, 0.2) is 65.8 Å². The number of hydrogen-bond donors (Lipinski definition) is 3. The maximum atomic E-state index is 4.46. The van der Waals surface area contributed by atoms with Gasteiger partial charge in [0.1, 0.15) is 5.82 Å². The highest BCUT2D eigenvalue weighted by molar-refractivity contribution is 14.0. The van der Waals surface area contributed by atoms with Crippen LogP contribution in [0.1, 0.15) is 29.8 Å². The molecule has 0 aliphatic carbocycles. The van der Waals surface area contributed by atoms with Crippen molar-refractivity contribution in [2.24, 2.45) is 4.99 Å². The summed E-state index contributed by atoms with van der Waals surface area (Å²) in [7, 11) is 1.78. The van der Waals surface area contributed by atoms with E-state index in [2.05, 4.69) is 66.9 Å². The van der Waals surface area contributed by atoms with E-state index in [1.165, 1.54) is 37.1 Å². The van der Waals surface area contributed by atoms with Gasteiger partial charge in [-0.25, -0.2) is 4.98 Å². The average molecular weight is 530 g/mol. The maximum absolute atomic E-state index is 4.46. The van der Waals surface area contributed by atoms with Crippen LogP contribution in [0.2, 0.25) is 0 Å². The van der Waals surface area contributed by atoms with Gasteiger partial charge in [0.2, 0.25) is 0 Å². The standard InChI is InChI=1S/C24H30N6.HI/c1-25-24(28-17-23-26-16-22(29-23)21-7-3-2-4-8-21)27-15-19-9-11-20(12-10-19)18-30-13-5-6-14-30;/h2-4,7-12,16H,5-6,13-15,17-18H2,1H3,(H,26,29)(H2,25,27,28);1H. The number of hydrogen-bond acceptors (Lipinski definition) is 3. The first-order valence-corrected chi connectivity index (χ1v) is 10.6. The van der Waals surface area contributed by atoms with Crippen molar-refractivity contribution in [3.8, 4) is 11.3 Å². The molecule has 6 nitrogen and oxygen atoms in total. The number of nitrogens with one attached hydrogen (secondary N) is 3. The molecule has 0 bridgehead atoms. The van der Waals surface area contributed by atoms with Gasteiger partial charge in [0.25, 0.3) is 0 Å². The van der Waals surface area contributed by atoms with Crippen LogP contribution in [0, 0.1) is 0 Å². The van der Waals surface area contributed by atoms with Crippen molar-refractivity contribution in [1.82, 2.24) is 25.5 Å². The predicted molar refractivity (Wildman–Crippen MR) is 137 cm³/mol. The van der Waals surface area contributed by atoms with Gasteiger partial charge in [-0.15, -0.1) is 24.0 Å². The molecule has 0 unspecified atom stereocenters. The molecule has 0 atom stereocenters. The molecule has 0 radical (unpaired) electrons. The second-order valence-electron chi connectivity index (χ2n) is 7.69. The van der Waals surface area contributed by atoms with Gasteiger partial charge in [0.15, 0.2) is 5.96 Å². The Morgan fingerprint density at radius 2 is 1.65 bits per heavy atom. The van der Waals surface area contributed by atoms with Gasteiger partial charge < -0.3 is 15.6 Å². The Balaban J connectivity index is 0.00000272. The average Bonchev–Trinajstić information content (AvgIpc) is 3.48. The van der Waals surface area contributed by atoms with E-state index in [0.717, 1.165) is 36.1 Å². The number of benzene rings is 2. The van der Waals surface area contributed by atoms with E-state index >= 15 is 0 Å². The predicted octanol–water partition coefficient (Wildman–Crippen LogP) is 4.16. The lowest BCUT2D eigenvalue weighted by Gasteiger charge is -2.15. The Bertz CT molecular complexity index is 946. The third-order valence-electron chi connectivity index (χ3n) is 5.45. The SMILES string of the molecule is CN=C(NCc1ccc(CN2CCCC2)cc1)NCc1ncc(-c2ccccc2)[nH]1.I. The summed E-state index contributed by atoms with van der Waals surface area (Å²) in [5.41, 5.74) is 4.78. The minimum Gasteiger partial charge on any atom is -0.352 e. The Morgan fingerprint density at radius 3 is 2.35 bits per heavy atom. The van der Waals surface area contributed by atoms with Crippen molar-refractivity contribution in [2.75, 3.05) is 20.1 Å². The molecule has 0 saturated carbocycles. The minimum atomic E-state index is 0. The largest absolute Gasteiger partial charge is 0.352 e. The fourth-order valence-corrected chi connectivity index (χ4v) is 3.75. The first-order chi connectivity index (χ1) is 14.8. The zero-order chi connectivity index (χ0) is 20.6. The van der Waals surface area contributed by atoms with Crippen LogP contribution in [0.3, 0.4) is 0 Å². The Labute approximate surface area is 201 Å². The van der Waals surface area contributed by atoms with Gasteiger partial charge in [0.05, 0.1) is 18.4 Å². The third-order valence-corrected chi connectivity index (χ3v) is 5.45. The quantitative estimate of drug-likeness (QED) is 0.244. The minimum absolute atomic E-state index is 0. The second kappa shape index (κ2) is 11.9. The molecule has 1 aliphatic rings. The van der Waals surface area contributed by atoms with Crippen molar-refractivity contribution in [3.63, 3.8) is 0 Å². The lowest BCUT2D eigenvalue weighted by molar-refractivity contribution is 0.331. The number of H-pyrrole nitrogens is 1. The monoisotopic (exact) mass is 530 g/mol. The Hall–Kier alpha value is -2.39. The molecule has 4 rings (SSSR count). The molecular weight excluding hydrogens is 499 g/mol. The number of rotatable bonds is 7. The summed E-state index contributed by atoms with van der Waals surface area (Å²) in [6.45, 7) is 4.84. The summed E-state index contributed by atoms with van der Waals surface area (Å²) in [5, 5.41) is 6.69. The van der Waals surface area contributed by atoms with Gasteiger partial charge in [-0.05, 0) is 42.6 Å². The fraction of sp³-hybridized carbons (Fsp3) is 0.333. The second-order valence-corrected chi connectivity index (χ2v) is 7.69. The fourth-order valence-electron chi connectivity index (χ4n) is 3.75. The molecule has 1 saturated heterocycles. The summed E-state index contributed by atoms with van der Waals surface area (Å²) in [4.78, 5) is 14.7. The summed E-state index contributed by atoms with van der Waals surface area (Å²) in [6.07, 6.45) is 4.53. The van der Waals surface area contributed by atoms with E-state index in [9.17, 15) is 0 Å². The lowest BCUT2D eigenvalue weighted by atomic mass is 10.1. The summed E-state index contributed by atoms with van der Waals surface area (Å²) >= 11 is 0. The lowest BCUT2D eigenvalue weighted by Crippen LogP contribution is -2.36. The topological polar surface area (TPSA) is 68.3 Å². The smallest absolute Gasteiger partial charge is 0.191 e. The van der Waals surface area contributed by atoms with Crippen LogP contribution in [0.25, 0.3) is 11.3 Å². The number of guanidine groups is 1. The molecule has 2 aromatic carbocycles. The van der Waals surface area contributed by atoms with E-state index in [0.29, 0.717) is 6.54 Å². The molecular formula is C24H31IN6. The van der Waals surface area contributed by atoms with E-state index in [-0.39, 0.29) is 24.0 Å². The van der Waals surface area contributed by atoms with Gasteiger partial charge in [0, 0.05) is 20.1 Å². The number of aromatic amines is 1. The number of likely N-dealkylation sites (tertiary alicyclic amines) is 1. The molecule has 2 heterocycles. The molecule has 7 heteroatoms. The normalized spacial score (nSPS) is 14.3. The third kappa shape index (κ3) is 6.80. The van der Waals surface area contributed by atoms with E-state index in [1.807, 2.05) is 24.4 Å². The first-order valence-electron chi connectivity index (χ1n) is 10.6. The van der Waals surface area contributed by atoms with Gasteiger partial charge in [-0.2, -0.15) is 0 Å². The number of aliphatic imine (C=N–C) groups is 1. The molecule has 0 amide bonds. The van der Waals surface area contributed by atoms with Crippen LogP contribution < -0.4 is 10.6 Å². The van der Waals surface area contributed by atoms with E-state index < -0.39 is 0 Å². The number of nitrogens with zero attached hydrogens (tertiary/aromatic N) is 3. The van der Waals surface area contributed by atoms with Crippen LogP contribution in [-0.4, -0.2) is 41.0 Å². The number of imidazole rings is 1. The van der Waals surface area contributed by atoms with Crippen LogP contribution >= 0.6 is 24.0 Å². The molecule has 3 aromatic rings. The van der Waals surface area contributed by atoms with Crippen molar-refractivity contribution in [2.45, 2.75) is 32.5 Å². The molecule has 1 fully saturated rings. The van der Waals surface area contributed by atoms with Crippen molar-refractivity contribution in [1.29, 1.82) is 0 Å². The van der Waals surface area contributed by atoms with E-state index in [4.69, 9.17) is 0 Å². The highest BCUT2D eigenvalue weighted by Gasteiger charge is 2.11. The number of halogens is 1. The zero-order valence-corrected chi connectivity index (χ0v) is 20.3. The van der Waals surface area contributed by atoms with Crippen LogP contribution in [0.5, 0.6) is 0 Å². The highest BCUT2D eigenvalue weighted by Crippen LogP contribution is 2.16. The highest BCUT2D eigenvalue weighted by atomic mass is 127. The molecule has 0 spiro atoms. The molecule has 1 aliphatic heterocycles. The Morgan fingerprint density at radius 1 is 0.968 bits per heavy atom. The summed E-state index contributed by atoms with van der Waals surface area (Å²) < 4.78 is 0. The maximum Gasteiger partial charge on any atom is 0.191 e. The van der Waals surface area contributed by atoms with Crippen molar-refractivity contribution >= 4 is 29.9 Å². The molecule has 1 aromatic heterocycles. The zero-order valence-electron chi connectivity index (χ0n) is 18.0. The van der Waals surface area contributed by atoms with Crippen LogP contribution in [-0.2, 0) is 19.6 Å². The van der Waals surface area contributed by atoms with Gasteiger partial charge in [-0.1, -0.05) is 54.6 Å². The molecule has 31 heavy (non-hydrogen) atoms. The van der Waals surface area contributed by atoms with Crippen molar-refractivity contribution in [3.05, 3.63) is 77.7 Å². The summed E-state index contributed by atoms with van der Waals surface area (Å²) in [5.74, 6) is 1.64. The molecule has 164 valence electrons.